The van der Waals surface area contributed by atoms with Crippen molar-refractivity contribution in [3.63, 3.8) is 0 Å². The van der Waals surface area contributed by atoms with E-state index in [4.69, 9.17) is 23.2 Å². The molecule has 4 aromatic rings. The Hall–Kier alpha value is -4.03. The Morgan fingerprint density at radius 2 is 1.46 bits per heavy atom. The smallest absolute Gasteiger partial charge is 0.305 e. The Morgan fingerprint density at radius 1 is 0.838 bits per heavy atom. The Labute approximate surface area is 215 Å². The molecule has 1 amide bonds. The third kappa shape index (κ3) is 7.24. The van der Waals surface area contributed by atoms with Crippen LogP contribution in [0.4, 0.5) is 27.8 Å². The Morgan fingerprint density at radius 3 is 1.95 bits per heavy atom. The van der Waals surface area contributed by atoms with E-state index >= 15 is 0 Å². The third-order valence-electron chi connectivity index (χ3n) is 4.46. The molecule has 0 radical (unpaired) electrons. The summed E-state index contributed by atoms with van der Waals surface area (Å²) >= 11 is 11.0. The molecule has 7 nitrogen and oxygen atoms in total. The number of hydrogen-bond acceptors (Lipinski definition) is 6. The zero-order chi connectivity index (χ0) is 27.2. The van der Waals surface area contributed by atoms with Crippen LogP contribution in [-0.4, -0.2) is 31.1 Å². The summed E-state index contributed by atoms with van der Waals surface area (Å²) in [4.78, 5) is 37.2. The molecule has 1 N–H and O–H groups in total. The summed E-state index contributed by atoms with van der Waals surface area (Å²) in [6, 6.07) is 5.25. The molecule has 4 rings (SSSR count). The van der Waals surface area contributed by atoms with Gasteiger partial charge in [-0.25, -0.2) is 13.8 Å². The van der Waals surface area contributed by atoms with E-state index in [1.807, 2.05) is 0 Å². The molecule has 0 aliphatic heterocycles. The van der Waals surface area contributed by atoms with Crippen molar-refractivity contribution in [2.24, 2.45) is 0 Å². The van der Waals surface area contributed by atoms with Gasteiger partial charge in [0.05, 0.1) is 52.2 Å². The molecule has 1 aromatic carbocycles. The van der Waals surface area contributed by atoms with Crippen molar-refractivity contribution in [3.05, 3.63) is 101 Å². The number of alkyl halides is 3. The number of rotatable bonds is 4. The van der Waals surface area contributed by atoms with Crippen LogP contribution in [0.15, 0.2) is 67.5 Å². The number of benzene rings is 1. The topological polar surface area (TPSA) is 97.7 Å². The molecular weight excluding hydrogens is 544 g/mol. The van der Waals surface area contributed by atoms with E-state index < -0.39 is 34.5 Å². The number of halogens is 7. The van der Waals surface area contributed by atoms with Gasteiger partial charge in [-0.05, 0) is 41.9 Å². The molecule has 190 valence electrons. The van der Waals surface area contributed by atoms with Gasteiger partial charge in [-0.1, -0.05) is 11.6 Å². The Balaban J connectivity index is 0.000000319. The number of pyridine rings is 2. The highest BCUT2D eigenvalue weighted by molar-refractivity contribution is 6.67. The van der Waals surface area contributed by atoms with Gasteiger partial charge >= 0.3 is 6.18 Å². The van der Waals surface area contributed by atoms with E-state index in [9.17, 15) is 31.5 Å². The number of amides is 1. The molecule has 0 aliphatic rings. The standard InChI is InChI=1S/C17H9ClF4N4O.C6H3ClFNO/c18-12-2-1-9(17(20,21)22)5-11(12)14-7-25-15(8-24-14)26-16(27)10-3-4-23-6-13(10)19;7-6(10)4-1-2-9-3-5(4)8/h1-8H,(H,25,26,27);1-3H. The average molecular weight is 556 g/mol. The lowest BCUT2D eigenvalue weighted by molar-refractivity contribution is -0.137. The largest absolute Gasteiger partial charge is 0.416 e. The lowest BCUT2D eigenvalue weighted by Crippen LogP contribution is -2.15. The van der Waals surface area contributed by atoms with Gasteiger partial charge in [-0.15, -0.1) is 0 Å². The maximum atomic E-state index is 13.5. The van der Waals surface area contributed by atoms with Gasteiger partial charge in [0.25, 0.3) is 11.1 Å². The summed E-state index contributed by atoms with van der Waals surface area (Å²) in [5.74, 6) is -2.28. The molecule has 3 heterocycles. The molecule has 3 aromatic heterocycles. The van der Waals surface area contributed by atoms with Crippen LogP contribution in [0.2, 0.25) is 5.02 Å². The summed E-state index contributed by atoms with van der Waals surface area (Å²) < 4.78 is 64.6. The van der Waals surface area contributed by atoms with Crippen LogP contribution in [0.5, 0.6) is 0 Å². The lowest BCUT2D eigenvalue weighted by Gasteiger charge is -2.10. The van der Waals surface area contributed by atoms with Crippen LogP contribution in [0, 0.1) is 11.6 Å². The van der Waals surface area contributed by atoms with Crippen LogP contribution < -0.4 is 5.32 Å². The molecule has 0 bridgehead atoms. The van der Waals surface area contributed by atoms with Crippen molar-refractivity contribution in [2.75, 3.05) is 5.32 Å². The van der Waals surface area contributed by atoms with Crippen LogP contribution >= 0.6 is 23.2 Å². The van der Waals surface area contributed by atoms with Crippen LogP contribution in [-0.2, 0) is 6.18 Å². The molecule has 0 unspecified atom stereocenters. The van der Waals surface area contributed by atoms with E-state index in [-0.39, 0.29) is 33.2 Å². The third-order valence-corrected chi connectivity index (χ3v) is 5.00. The van der Waals surface area contributed by atoms with Gasteiger partial charge in [0.1, 0.15) is 0 Å². The number of hydrogen-bond donors (Lipinski definition) is 1. The van der Waals surface area contributed by atoms with E-state index in [1.165, 1.54) is 24.5 Å². The average Bonchev–Trinajstić information content (AvgIpc) is 2.85. The Kier molecular flexibility index (Phi) is 8.79. The van der Waals surface area contributed by atoms with Gasteiger partial charge in [-0.2, -0.15) is 13.2 Å². The zero-order valence-electron chi connectivity index (χ0n) is 18.1. The normalized spacial score (nSPS) is 10.8. The van der Waals surface area contributed by atoms with Crippen molar-refractivity contribution >= 4 is 40.2 Å². The SMILES string of the molecule is O=C(Cl)c1ccncc1F.O=C(Nc1cnc(-c2cc(C(F)(F)F)ccc2Cl)cn1)c1ccncc1F. The summed E-state index contributed by atoms with van der Waals surface area (Å²) in [6.07, 6.45) is 2.13. The fourth-order valence-corrected chi connectivity index (χ4v) is 3.07. The highest BCUT2D eigenvalue weighted by atomic mass is 35.5. The van der Waals surface area contributed by atoms with Crippen molar-refractivity contribution in [1.82, 2.24) is 19.9 Å². The summed E-state index contributed by atoms with van der Waals surface area (Å²) in [5, 5.41) is 1.59. The number of carbonyl (C=O) groups is 2. The fourth-order valence-electron chi connectivity index (χ4n) is 2.71. The predicted molar refractivity (Wildman–Crippen MR) is 124 cm³/mol. The fraction of sp³-hybridized carbons (Fsp3) is 0.0435. The quantitative estimate of drug-likeness (QED) is 0.238. The van der Waals surface area contributed by atoms with Gasteiger partial charge in [0.2, 0.25) is 0 Å². The highest BCUT2D eigenvalue weighted by Crippen LogP contribution is 2.35. The minimum absolute atomic E-state index is 0.0111. The van der Waals surface area contributed by atoms with Gasteiger partial charge in [0, 0.05) is 18.0 Å². The first kappa shape index (κ1) is 27.6. The second-order valence-corrected chi connectivity index (χ2v) is 7.67. The van der Waals surface area contributed by atoms with Gasteiger partial charge < -0.3 is 5.32 Å². The highest BCUT2D eigenvalue weighted by Gasteiger charge is 2.31. The predicted octanol–water partition coefficient (Wildman–Crippen LogP) is 6.20. The molecular formula is C23H12Cl2F5N5O2. The molecule has 0 fully saturated rings. The van der Waals surface area contributed by atoms with Crippen molar-refractivity contribution in [2.45, 2.75) is 6.18 Å². The molecule has 0 spiro atoms. The number of aromatic nitrogens is 4. The van der Waals surface area contributed by atoms with Crippen LogP contribution in [0.25, 0.3) is 11.3 Å². The second-order valence-electron chi connectivity index (χ2n) is 6.92. The Bertz CT molecular complexity index is 1440. The minimum Gasteiger partial charge on any atom is -0.305 e. The van der Waals surface area contributed by atoms with Crippen LogP contribution in [0.3, 0.4) is 0 Å². The second kappa shape index (κ2) is 11.8. The van der Waals surface area contributed by atoms with Crippen LogP contribution in [0.1, 0.15) is 26.3 Å². The summed E-state index contributed by atoms with van der Waals surface area (Å²) in [6.45, 7) is 0. The maximum Gasteiger partial charge on any atom is 0.416 e. The molecule has 0 saturated carbocycles. The number of nitrogens with one attached hydrogen (secondary N) is 1. The first-order chi connectivity index (χ1) is 17.5. The number of anilines is 1. The molecule has 0 atom stereocenters. The number of carbonyl (C=O) groups excluding carboxylic acids is 2. The number of nitrogens with zero attached hydrogens (tertiary/aromatic N) is 4. The lowest BCUT2D eigenvalue weighted by atomic mass is 10.1. The van der Waals surface area contributed by atoms with E-state index in [0.29, 0.717) is 0 Å². The zero-order valence-corrected chi connectivity index (χ0v) is 19.6. The van der Waals surface area contributed by atoms with Gasteiger partial charge in [-0.3, -0.25) is 24.5 Å². The first-order valence-electron chi connectivity index (χ1n) is 9.86. The maximum absolute atomic E-state index is 13.5. The first-order valence-corrected chi connectivity index (χ1v) is 10.6. The van der Waals surface area contributed by atoms with Gasteiger partial charge in [0.15, 0.2) is 17.5 Å². The summed E-state index contributed by atoms with van der Waals surface area (Å²) in [7, 11) is 0. The van der Waals surface area contributed by atoms with Crippen molar-refractivity contribution < 1.29 is 31.5 Å². The minimum atomic E-state index is -4.53. The molecule has 14 heteroatoms. The monoisotopic (exact) mass is 555 g/mol. The van der Waals surface area contributed by atoms with E-state index in [2.05, 4.69) is 25.3 Å². The van der Waals surface area contributed by atoms with E-state index in [0.717, 1.165) is 43.0 Å². The summed E-state index contributed by atoms with van der Waals surface area (Å²) in [5.41, 5.74) is -1.14. The molecule has 0 saturated heterocycles. The molecule has 0 aliphatic carbocycles. The van der Waals surface area contributed by atoms with E-state index in [1.54, 1.807) is 0 Å². The van der Waals surface area contributed by atoms with Crippen molar-refractivity contribution in [3.8, 4) is 11.3 Å². The molecule has 37 heavy (non-hydrogen) atoms. The van der Waals surface area contributed by atoms with Crippen molar-refractivity contribution in [1.29, 1.82) is 0 Å².